The largest absolute Gasteiger partial charge is 0.507 e. The lowest BCUT2D eigenvalue weighted by atomic mass is 10.1. The number of phenolic OH excluding ortho intramolecular Hbond substituents is 1. The van der Waals surface area contributed by atoms with Crippen LogP contribution in [0.4, 0.5) is 0 Å². The smallest absolute Gasteiger partial charge is 0.166 e. The van der Waals surface area contributed by atoms with Crippen LogP contribution in [0.1, 0.15) is 10.5 Å². The van der Waals surface area contributed by atoms with Crippen molar-refractivity contribution in [3.63, 3.8) is 0 Å². The number of nitrogens with one attached hydrogen (secondary N) is 1. The van der Waals surface area contributed by atoms with Crippen molar-refractivity contribution in [2.75, 3.05) is 0 Å². The van der Waals surface area contributed by atoms with Crippen molar-refractivity contribution < 1.29 is 9.90 Å². The van der Waals surface area contributed by atoms with E-state index in [0.717, 1.165) is 12.0 Å². The minimum atomic E-state index is 0.201. The molecule has 0 fully saturated rings. The third kappa shape index (κ3) is 1.40. The van der Waals surface area contributed by atoms with Crippen molar-refractivity contribution in [2.45, 2.75) is 0 Å². The van der Waals surface area contributed by atoms with E-state index in [1.54, 1.807) is 30.3 Å². The van der Waals surface area contributed by atoms with Crippen molar-refractivity contribution in [1.82, 2.24) is 4.98 Å². The topological polar surface area (TPSA) is 53.1 Å². The lowest BCUT2D eigenvalue weighted by molar-refractivity contribution is 0.111. The average molecular weight is 187 g/mol. The minimum absolute atomic E-state index is 0.201. The summed E-state index contributed by atoms with van der Waals surface area (Å²) in [4.78, 5) is 13.3. The highest BCUT2D eigenvalue weighted by molar-refractivity contribution is 5.76. The molecule has 1 aromatic carbocycles. The molecule has 0 spiro atoms. The monoisotopic (exact) mass is 187 g/mol. The first-order chi connectivity index (χ1) is 6.81. The van der Waals surface area contributed by atoms with Crippen molar-refractivity contribution in [3.05, 3.63) is 42.1 Å². The van der Waals surface area contributed by atoms with Gasteiger partial charge in [-0.05, 0) is 24.3 Å². The first kappa shape index (κ1) is 8.56. The Bertz CT molecular complexity index is 460. The molecule has 0 radical (unpaired) electrons. The van der Waals surface area contributed by atoms with Crippen molar-refractivity contribution in [3.8, 4) is 17.0 Å². The highest BCUT2D eigenvalue weighted by Gasteiger charge is 2.04. The number of aromatic amines is 1. The zero-order valence-corrected chi connectivity index (χ0v) is 7.40. The summed E-state index contributed by atoms with van der Waals surface area (Å²) in [6.07, 6.45) is 0.740. The summed E-state index contributed by atoms with van der Waals surface area (Å²) >= 11 is 0. The molecule has 0 saturated heterocycles. The van der Waals surface area contributed by atoms with Crippen LogP contribution in [-0.4, -0.2) is 16.4 Å². The Morgan fingerprint density at radius 3 is 2.57 bits per heavy atom. The number of phenols is 1. The summed E-state index contributed by atoms with van der Waals surface area (Å²) in [5.74, 6) is 0.201. The van der Waals surface area contributed by atoms with Gasteiger partial charge in [0, 0.05) is 11.3 Å². The van der Waals surface area contributed by atoms with Crippen LogP contribution in [0.2, 0.25) is 0 Å². The van der Waals surface area contributed by atoms with Gasteiger partial charge in [-0.3, -0.25) is 4.79 Å². The van der Waals surface area contributed by atoms with Gasteiger partial charge in [0.1, 0.15) is 5.75 Å². The Balaban J connectivity index is 2.49. The molecule has 0 saturated carbocycles. The molecule has 0 amide bonds. The predicted octanol–water partition coefficient (Wildman–Crippen LogP) is 2.20. The number of benzene rings is 1. The van der Waals surface area contributed by atoms with E-state index in [-0.39, 0.29) is 5.75 Å². The van der Waals surface area contributed by atoms with Gasteiger partial charge in [-0.25, -0.2) is 0 Å². The second kappa shape index (κ2) is 3.38. The fourth-order valence-electron chi connectivity index (χ4n) is 1.34. The summed E-state index contributed by atoms with van der Waals surface area (Å²) in [6.45, 7) is 0. The number of aromatic nitrogens is 1. The maximum absolute atomic E-state index is 10.4. The summed E-state index contributed by atoms with van der Waals surface area (Å²) in [7, 11) is 0. The van der Waals surface area contributed by atoms with Gasteiger partial charge in [0.15, 0.2) is 6.29 Å². The standard InChI is InChI=1S/C11H9NO2/c13-7-8-5-6-10(12-8)9-3-1-2-4-11(9)14/h1-7,12,14H. The van der Waals surface area contributed by atoms with Gasteiger partial charge < -0.3 is 10.1 Å². The number of aromatic hydroxyl groups is 1. The van der Waals surface area contributed by atoms with Gasteiger partial charge in [-0.15, -0.1) is 0 Å². The number of aldehydes is 1. The third-order valence-corrected chi connectivity index (χ3v) is 2.03. The molecule has 0 aliphatic rings. The van der Waals surface area contributed by atoms with E-state index in [2.05, 4.69) is 4.98 Å². The second-order valence-electron chi connectivity index (χ2n) is 2.96. The van der Waals surface area contributed by atoms with Gasteiger partial charge in [-0.1, -0.05) is 12.1 Å². The zero-order chi connectivity index (χ0) is 9.97. The van der Waals surface area contributed by atoms with Crippen molar-refractivity contribution in [1.29, 1.82) is 0 Å². The maximum Gasteiger partial charge on any atom is 0.166 e. The van der Waals surface area contributed by atoms with E-state index >= 15 is 0 Å². The van der Waals surface area contributed by atoms with Gasteiger partial charge in [-0.2, -0.15) is 0 Å². The Kier molecular flexibility index (Phi) is 2.07. The van der Waals surface area contributed by atoms with Gasteiger partial charge >= 0.3 is 0 Å². The normalized spacial score (nSPS) is 10.0. The number of carbonyl (C=O) groups is 1. The molecule has 3 heteroatoms. The molecule has 2 N–H and O–H groups in total. The van der Waals surface area contributed by atoms with Crippen LogP contribution in [0.25, 0.3) is 11.3 Å². The van der Waals surface area contributed by atoms with Crippen LogP contribution in [0.3, 0.4) is 0 Å². The van der Waals surface area contributed by atoms with Crippen LogP contribution in [-0.2, 0) is 0 Å². The molecule has 2 rings (SSSR count). The molecule has 14 heavy (non-hydrogen) atoms. The second-order valence-corrected chi connectivity index (χ2v) is 2.96. The van der Waals surface area contributed by atoms with E-state index < -0.39 is 0 Å². The van der Waals surface area contributed by atoms with Crippen LogP contribution >= 0.6 is 0 Å². The quantitative estimate of drug-likeness (QED) is 0.708. The Hall–Kier alpha value is -2.03. The molecule has 0 bridgehead atoms. The first-order valence-corrected chi connectivity index (χ1v) is 4.24. The van der Waals surface area contributed by atoms with Crippen LogP contribution in [0.5, 0.6) is 5.75 Å². The van der Waals surface area contributed by atoms with E-state index in [4.69, 9.17) is 0 Å². The minimum Gasteiger partial charge on any atom is -0.507 e. The molecule has 1 heterocycles. The third-order valence-electron chi connectivity index (χ3n) is 2.03. The number of H-pyrrole nitrogens is 1. The Morgan fingerprint density at radius 2 is 1.93 bits per heavy atom. The molecule has 0 aliphatic carbocycles. The summed E-state index contributed by atoms with van der Waals surface area (Å²) in [5.41, 5.74) is 1.94. The first-order valence-electron chi connectivity index (χ1n) is 4.24. The van der Waals surface area contributed by atoms with Crippen LogP contribution in [0.15, 0.2) is 36.4 Å². The molecule has 1 aromatic heterocycles. The van der Waals surface area contributed by atoms with Crippen molar-refractivity contribution >= 4 is 6.29 Å². The molecular weight excluding hydrogens is 178 g/mol. The predicted molar refractivity (Wildman–Crippen MR) is 53.3 cm³/mol. The number of hydrogen-bond acceptors (Lipinski definition) is 2. The van der Waals surface area contributed by atoms with Crippen molar-refractivity contribution in [2.24, 2.45) is 0 Å². The summed E-state index contributed by atoms with van der Waals surface area (Å²) < 4.78 is 0. The fourth-order valence-corrected chi connectivity index (χ4v) is 1.34. The number of para-hydroxylation sites is 1. The Labute approximate surface area is 81.0 Å². The zero-order valence-electron chi connectivity index (χ0n) is 7.40. The molecular formula is C11H9NO2. The summed E-state index contributed by atoms with van der Waals surface area (Å²) in [5, 5.41) is 9.54. The molecule has 0 atom stereocenters. The highest BCUT2D eigenvalue weighted by Crippen LogP contribution is 2.27. The number of rotatable bonds is 2. The summed E-state index contributed by atoms with van der Waals surface area (Å²) in [6, 6.07) is 10.4. The van der Waals surface area contributed by atoms with Gasteiger partial charge in [0.25, 0.3) is 0 Å². The molecule has 3 nitrogen and oxygen atoms in total. The lowest BCUT2D eigenvalue weighted by Gasteiger charge is -2.00. The van der Waals surface area contributed by atoms with Gasteiger partial charge in [0.05, 0.1) is 5.69 Å². The van der Waals surface area contributed by atoms with E-state index in [1.165, 1.54) is 0 Å². The van der Waals surface area contributed by atoms with E-state index in [1.807, 2.05) is 6.07 Å². The average Bonchev–Trinajstić information content (AvgIpc) is 2.67. The molecule has 0 unspecified atom stereocenters. The van der Waals surface area contributed by atoms with E-state index in [0.29, 0.717) is 11.3 Å². The maximum atomic E-state index is 10.4. The van der Waals surface area contributed by atoms with Crippen LogP contribution < -0.4 is 0 Å². The lowest BCUT2D eigenvalue weighted by Crippen LogP contribution is -1.81. The van der Waals surface area contributed by atoms with Crippen LogP contribution in [0, 0.1) is 0 Å². The van der Waals surface area contributed by atoms with E-state index in [9.17, 15) is 9.90 Å². The molecule has 0 aliphatic heterocycles. The van der Waals surface area contributed by atoms with Gasteiger partial charge in [0.2, 0.25) is 0 Å². The highest BCUT2D eigenvalue weighted by atomic mass is 16.3. The SMILES string of the molecule is O=Cc1ccc(-c2ccccc2O)[nH]1. The number of carbonyl (C=O) groups excluding carboxylic acids is 1. The fraction of sp³-hybridized carbons (Fsp3) is 0. The Morgan fingerprint density at radius 1 is 1.14 bits per heavy atom. The molecule has 70 valence electrons. The number of hydrogen-bond donors (Lipinski definition) is 2. The molecule has 2 aromatic rings.